The number of imide groups is 1. The van der Waals surface area contributed by atoms with E-state index in [1.807, 2.05) is 0 Å². The number of hydrazine groups is 1. The Morgan fingerprint density at radius 2 is 2.00 bits per heavy atom. The van der Waals surface area contributed by atoms with Gasteiger partial charge in [-0.05, 0) is 25.1 Å². The summed E-state index contributed by atoms with van der Waals surface area (Å²) in [5, 5.41) is 6.68. The number of thiocarbonyl (C=S) groups is 1. The van der Waals surface area contributed by atoms with Crippen LogP contribution in [0.25, 0.3) is 0 Å². The highest BCUT2D eigenvalue weighted by Gasteiger charge is 2.51. The third kappa shape index (κ3) is 2.06. The van der Waals surface area contributed by atoms with E-state index in [0.29, 0.717) is 12.8 Å². The minimum atomic E-state index is -0.703. The predicted octanol–water partition coefficient (Wildman–Crippen LogP) is 0.250. The molecule has 0 aromatic carbocycles. The Balaban J connectivity index is 2.13. The molecule has 2 aliphatic rings. The molecule has 2 fully saturated rings. The smallest absolute Gasteiger partial charge is 0.344 e. The highest BCUT2D eigenvalue weighted by molar-refractivity contribution is 7.80. The molecule has 1 saturated carbocycles. The average molecular weight is 256 g/mol. The summed E-state index contributed by atoms with van der Waals surface area (Å²) >= 11 is 4.89. The fraction of sp³-hybridized carbons (Fsp3) is 0.700. The van der Waals surface area contributed by atoms with Crippen LogP contribution in [0.1, 0.15) is 32.1 Å². The molecule has 0 aromatic rings. The normalized spacial score (nSPS) is 22.5. The molecule has 0 aromatic heterocycles. The van der Waals surface area contributed by atoms with Crippen molar-refractivity contribution in [1.29, 1.82) is 0 Å². The van der Waals surface area contributed by atoms with Crippen molar-refractivity contribution in [2.24, 2.45) is 0 Å². The molecule has 1 aliphatic carbocycles. The van der Waals surface area contributed by atoms with E-state index in [0.717, 1.165) is 24.3 Å². The van der Waals surface area contributed by atoms with E-state index < -0.39 is 11.6 Å². The highest BCUT2D eigenvalue weighted by atomic mass is 32.1. The van der Waals surface area contributed by atoms with Gasteiger partial charge in [-0.2, -0.15) is 5.01 Å². The zero-order chi connectivity index (χ0) is 12.5. The molecule has 1 aliphatic heterocycles. The van der Waals surface area contributed by atoms with Crippen LogP contribution in [-0.4, -0.2) is 34.6 Å². The van der Waals surface area contributed by atoms with Gasteiger partial charge in [-0.15, -0.1) is 0 Å². The number of carbonyl (C=O) groups is 2. The van der Waals surface area contributed by atoms with Gasteiger partial charge in [0, 0.05) is 7.05 Å². The molecule has 0 bridgehead atoms. The maximum atomic E-state index is 12.2. The molecule has 0 radical (unpaired) electrons. The van der Waals surface area contributed by atoms with Crippen molar-refractivity contribution in [2.45, 2.75) is 37.6 Å². The van der Waals surface area contributed by atoms with Crippen molar-refractivity contribution in [3.8, 4) is 0 Å². The van der Waals surface area contributed by atoms with E-state index in [2.05, 4.69) is 16.1 Å². The van der Waals surface area contributed by atoms with Crippen molar-refractivity contribution in [1.82, 2.24) is 21.1 Å². The van der Waals surface area contributed by atoms with Crippen LogP contribution >= 0.6 is 12.2 Å². The molecule has 0 atom stereocenters. The van der Waals surface area contributed by atoms with Gasteiger partial charge in [-0.3, -0.25) is 10.2 Å². The van der Waals surface area contributed by atoms with Crippen LogP contribution in [0.4, 0.5) is 4.79 Å². The molecule has 1 saturated heterocycles. The van der Waals surface area contributed by atoms with E-state index in [1.165, 1.54) is 0 Å². The number of carbonyl (C=O) groups excluding carboxylic acids is 2. The second-order valence-electron chi connectivity index (χ2n) is 4.40. The van der Waals surface area contributed by atoms with Gasteiger partial charge in [0.25, 0.3) is 5.91 Å². The average Bonchev–Trinajstić information content (AvgIpc) is 2.55. The zero-order valence-corrected chi connectivity index (χ0v) is 10.5. The molecule has 1 heterocycles. The Morgan fingerprint density at radius 1 is 1.35 bits per heavy atom. The molecule has 17 heavy (non-hydrogen) atoms. The maximum absolute atomic E-state index is 12.2. The van der Waals surface area contributed by atoms with Gasteiger partial charge in [0.05, 0.1) is 0 Å². The number of rotatable bonds is 1. The Hall–Kier alpha value is -1.37. The SMILES string of the molecule is CNC(=S)NN1C(=O)NC2(CCCCC2)C1=O. The minimum absolute atomic E-state index is 0.222. The summed E-state index contributed by atoms with van der Waals surface area (Å²) in [6, 6.07) is -0.422. The summed E-state index contributed by atoms with van der Waals surface area (Å²) < 4.78 is 0. The van der Waals surface area contributed by atoms with Crippen LogP contribution in [0.5, 0.6) is 0 Å². The number of nitrogens with zero attached hydrogens (tertiary/aromatic N) is 1. The van der Waals surface area contributed by atoms with E-state index in [9.17, 15) is 9.59 Å². The quantitative estimate of drug-likeness (QED) is 0.463. The fourth-order valence-electron chi connectivity index (χ4n) is 2.37. The Labute approximate surface area is 105 Å². The summed E-state index contributed by atoms with van der Waals surface area (Å²) in [4.78, 5) is 24.0. The summed E-state index contributed by atoms with van der Waals surface area (Å²) in [6.45, 7) is 0. The van der Waals surface area contributed by atoms with Gasteiger partial charge in [-0.1, -0.05) is 19.3 Å². The lowest BCUT2D eigenvalue weighted by atomic mass is 9.82. The van der Waals surface area contributed by atoms with Crippen LogP contribution < -0.4 is 16.1 Å². The van der Waals surface area contributed by atoms with Crippen LogP contribution in [0.15, 0.2) is 0 Å². The number of urea groups is 1. The van der Waals surface area contributed by atoms with E-state index in [-0.39, 0.29) is 11.0 Å². The maximum Gasteiger partial charge on any atom is 0.344 e. The van der Waals surface area contributed by atoms with Gasteiger partial charge in [0.2, 0.25) is 0 Å². The molecule has 1 spiro atoms. The summed E-state index contributed by atoms with van der Waals surface area (Å²) in [5.41, 5.74) is 1.89. The lowest BCUT2D eigenvalue weighted by Gasteiger charge is -2.30. The third-order valence-corrected chi connectivity index (χ3v) is 3.60. The van der Waals surface area contributed by atoms with Gasteiger partial charge in [-0.25, -0.2) is 4.79 Å². The largest absolute Gasteiger partial charge is 0.364 e. The standard InChI is InChI=1S/C10H16N4O2S/c1-11-8(17)13-14-7(15)10(12-9(14)16)5-3-2-4-6-10/h2-6H2,1H3,(H,12,16)(H2,11,13,17). The van der Waals surface area contributed by atoms with Gasteiger partial charge >= 0.3 is 6.03 Å². The van der Waals surface area contributed by atoms with E-state index in [1.54, 1.807) is 7.05 Å². The molecule has 3 N–H and O–H groups in total. The van der Waals surface area contributed by atoms with Gasteiger partial charge < -0.3 is 10.6 Å². The third-order valence-electron chi connectivity index (χ3n) is 3.31. The molecular formula is C10H16N4O2S. The van der Waals surface area contributed by atoms with Crippen LogP contribution in [0.2, 0.25) is 0 Å². The van der Waals surface area contributed by atoms with Gasteiger partial charge in [0.1, 0.15) is 5.54 Å². The molecular weight excluding hydrogens is 240 g/mol. The zero-order valence-electron chi connectivity index (χ0n) is 9.71. The Bertz CT molecular complexity index is 365. The lowest BCUT2D eigenvalue weighted by molar-refractivity contribution is -0.133. The second-order valence-corrected chi connectivity index (χ2v) is 4.81. The van der Waals surface area contributed by atoms with Crippen LogP contribution in [0.3, 0.4) is 0 Å². The first-order valence-corrected chi connectivity index (χ1v) is 6.15. The molecule has 2 rings (SSSR count). The molecule has 6 nitrogen and oxygen atoms in total. The van der Waals surface area contributed by atoms with E-state index >= 15 is 0 Å². The Morgan fingerprint density at radius 3 is 2.59 bits per heavy atom. The molecule has 3 amide bonds. The first-order valence-electron chi connectivity index (χ1n) is 5.74. The number of amides is 3. The van der Waals surface area contributed by atoms with Crippen molar-refractivity contribution in [3.63, 3.8) is 0 Å². The molecule has 0 unspecified atom stereocenters. The van der Waals surface area contributed by atoms with Crippen molar-refractivity contribution < 1.29 is 9.59 Å². The monoisotopic (exact) mass is 256 g/mol. The van der Waals surface area contributed by atoms with E-state index in [4.69, 9.17) is 12.2 Å². The Kier molecular flexibility index (Phi) is 3.19. The number of nitrogens with one attached hydrogen (secondary N) is 3. The number of hydrogen-bond donors (Lipinski definition) is 3. The van der Waals surface area contributed by atoms with Crippen molar-refractivity contribution in [3.05, 3.63) is 0 Å². The minimum Gasteiger partial charge on any atom is -0.364 e. The summed E-state index contributed by atoms with van der Waals surface area (Å²) in [5.74, 6) is -0.222. The van der Waals surface area contributed by atoms with Crippen molar-refractivity contribution in [2.75, 3.05) is 7.05 Å². The summed E-state index contributed by atoms with van der Waals surface area (Å²) in [7, 11) is 1.63. The first-order chi connectivity index (χ1) is 8.09. The first kappa shape index (κ1) is 12.1. The fourth-order valence-corrected chi connectivity index (χ4v) is 2.46. The van der Waals surface area contributed by atoms with Crippen molar-refractivity contribution >= 4 is 29.3 Å². The molecule has 7 heteroatoms. The number of hydrogen-bond acceptors (Lipinski definition) is 3. The van der Waals surface area contributed by atoms with Crippen LogP contribution in [0, 0.1) is 0 Å². The second kappa shape index (κ2) is 4.48. The highest BCUT2D eigenvalue weighted by Crippen LogP contribution is 2.32. The molecule has 94 valence electrons. The topological polar surface area (TPSA) is 73.5 Å². The lowest BCUT2D eigenvalue weighted by Crippen LogP contribution is -2.52. The summed E-state index contributed by atoms with van der Waals surface area (Å²) in [6.07, 6.45) is 4.48. The van der Waals surface area contributed by atoms with Gasteiger partial charge in [0.15, 0.2) is 5.11 Å². The van der Waals surface area contributed by atoms with Crippen LogP contribution in [-0.2, 0) is 4.79 Å². The predicted molar refractivity (Wildman–Crippen MR) is 66.0 cm³/mol.